The number of hydrogen-bond acceptors (Lipinski definition) is 4. The lowest BCUT2D eigenvalue weighted by Gasteiger charge is -2.35. The molecule has 0 spiro atoms. The fraction of sp³-hybridized carbons (Fsp3) is 0.471. The van der Waals surface area contributed by atoms with Crippen molar-refractivity contribution in [2.75, 3.05) is 18.5 Å². The van der Waals surface area contributed by atoms with E-state index in [9.17, 15) is 9.59 Å². The molecule has 1 atom stereocenters. The number of fused-ring (bicyclic) bond motifs is 1. The van der Waals surface area contributed by atoms with Crippen LogP contribution in [0.3, 0.4) is 0 Å². The maximum atomic E-state index is 12.1. The van der Waals surface area contributed by atoms with Crippen molar-refractivity contribution >= 4 is 23.5 Å². The molecule has 122 valence electrons. The normalized spacial score (nSPS) is 24.3. The van der Waals surface area contributed by atoms with Gasteiger partial charge in [0, 0.05) is 26.2 Å². The molecule has 0 saturated heterocycles. The quantitative estimate of drug-likeness (QED) is 0.850. The van der Waals surface area contributed by atoms with E-state index in [4.69, 9.17) is 5.73 Å². The van der Waals surface area contributed by atoms with Crippen molar-refractivity contribution in [3.05, 3.63) is 29.3 Å². The Morgan fingerprint density at radius 1 is 1.39 bits per heavy atom. The lowest BCUT2D eigenvalue weighted by atomic mass is 9.85. The topological polar surface area (TPSA) is 79.0 Å². The maximum absolute atomic E-state index is 12.1. The third kappa shape index (κ3) is 2.58. The Balaban J connectivity index is 2.02. The van der Waals surface area contributed by atoms with E-state index in [0.29, 0.717) is 6.42 Å². The van der Waals surface area contributed by atoms with Crippen LogP contribution in [0, 0.1) is 0 Å². The molecule has 3 rings (SSSR count). The predicted molar refractivity (Wildman–Crippen MR) is 89.2 cm³/mol. The number of carbonyl (C=O) groups excluding carboxylic acids is 2. The van der Waals surface area contributed by atoms with Crippen LogP contribution < -0.4 is 10.6 Å². The summed E-state index contributed by atoms with van der Waals surface area (Å²) in [7, 11) is 1.64. The van der Waals surface area contributed by atoms with Crippen LogP contribution in [-0.2, 0) is 21.5 Å². The number of aliphatic imine (C=N–C) groups is 1. The molecule has 1 aromatic rings. The van der Waals surface area contributed by atoms with Crippen LogP contribution >= 0.6 is 0 Å². The second-order valence-electron chi connectivity index (χ2n) is 6.49. The third-order valence-electron chi connectivity index (χ3n) is 4.77. The van der Waals surface area contributed by atoms with E-state index in [0.717, 1.165) is 36.2 Å². The summed E-state index contributed by atoms with van der Waals surface area (Å²) in [4.78, 5) is 31.6. The number of rotatable bonds is 1. The van der Waals surface area contributed by atoms with Gasteiger partial charge in [-0.25, -0.2) is 4.99 Å². The second kappa shape index (κ2) is 5.37. The summed E-state index contributed by atoms with van der Waals surface area (Å²) in [6, 6.07) is 5.99. The van der Waals surface area contributed by atoms with Gasteiger partial charge in [0.2, 0.25) is 11.8 Å². The SMILES string of the molecule is CC(=O)N1CCCc2cc([C@]3(C)CC(=O)N(C)C(N)=N3)ccc21. The summed E-state index contributed by atoms with van der Waals surface area (Å²) < 4.78 is 0. The summed E-state index contributed by atoms with van der Waals surface area (Å²) in [5.74, 6) is 0.261. The van der Waals surface area contributed by atoms with Crippen molar-refractivity contribution in [2.24, 2.45) is 10.7 Å². The molecular formula is C17H22N4O2. The molecule has 0 saturated carbocycles. The van der Waals surface area contributed by atoms with Gasteiger partial charge in [-0.05, 0) is 37.0 Å². The van der Waals surface area contributed by atoms with Crippen LogP contribution in [-0.4, -0.2) is 36.3 Å². The Bertz CT molecular complexity index is 713. The average molecular weight is 314 g/mol. The van der Waals surface area contributed by atoms with Crippen LogP contribution in [0.4, 0.5) is 5.69 Å². The monoisotopic (exact) mass is 314 g/mol. The van der Waals surface area contributed by atoms with E-state index in [2.05, 4.69) is 11.1 Å². The smallest absolute Gasteiger partial charge is 0.231 e. The average Bonchev–Trinajstić information content (AvgIpc) is 2.51. The molecule has 2 N–H and O–H groups in total. The summed E-state index contributed by atoms with van der Waals surface area (Å²) in [5, 5.41) is 0. The standard InChI is InChI=1S/C17H22N4O2/c1-11(22)21-8-4-5-12-9-13(6-7-14(12)21)17(2)10-15(23)20(3)16(18)19-17/h6-7,9H,4-5,8,10H2,1-3H3,(H2,18,19)/t17-/m0/s1. The first kappa shape index (κ1) is 15.5. The molecule has 1 aromatic carbocycles. The highest BCUT2D eigenvalue weighted by molar-refractivity contribution is 5.99. The van der Waals surface area contributed by atoms with Gasteiger partial charge in [-0.2, -0.15) is 0 Å². The molecular weight excluding hydrogens is 292 g/mol. The van der Waals surface area contributed by atoms with Gasteiger partial charge in [0.15, 0.2) is 5.96 Å². The van der Waals surface area contributed by atoms with Crippen LogP contribution in [0.15, 0.2) is 23.2 Å². The number of hydrogen-bond donors (Lipinski definition) is 1. The summed E-state index contributed by atoms with van der Waals surface area (Å²) in [6.45, 7) is 4.27. The van der Waals surface area contributed by atoms with E-state index >= 15 is 0 Å². The van der Waals surface area contributed by atoms with Gasteiger partial charge < -0.3 is 10.6 Å². The summed E-state index contributed by atoms with van der Waals surface area (Å²) in [6.07, 6.45) is 2.16. The van der Waals surface area contributed by atoms with Crippen molar-refractivity contribution in [2.45, 2.75) is 38.6 Å². The number of nitrogens with zero attached hydrogens (tertiary/aromatic N) is 3. The molecule has 0 aliphatic carbocycles. The fourth-order valence-electron chi connectivity index (χ4n) is 3.33. The molecule has 2 aliphatic rings. The molecule has 0 aromatic heterocycles. The highest BCUT2D eigenvalue weighted by atomic mass is 16.2. The van der Waals surface area contributed by atoms with Gasteiger partial charge in [-0.1, -0.05) is 12.1 Å². The molecule has 6 nitrogen and oxygen atoms in total. The van der Waals surface area contributed by atoms with E-state index in [1.807, 2.05) is 24.0 Å². The van der Waals surface area contributed by atoms with Crippen molar-refractivity contribution < 1.29 is 9.59 Å². The Hall–Kier alpha value is -2.37. The first-order valence-electron chi connectivity index (χ1n) is 7.85. The van der Waals surface area contributed by atoms with E-state index in [-0.39, 0.29) is 17.8 Å². The largest absolute Gasteiger partial charge is 0.369 e. The van der Waals surface area contributed by atoms with Gasteiger partial charge in [-0.3, -0.25) is 14.5 Å². The van der Waals surface area contributed by atoms with Crippen LogP contribution in [0.2, 0.25) is 0 Å². The van der Waals surface area contributed by atoms with Crippen molar-refractivity contribution in [3.63, 3.8) is 0 Å². The van der Waals surface area contributed by atoms with E-state index in [1.54, 1.807) is 14.0 Å². The first-order valence-corrected chi connectivity index (χ1v) is 7.85. The highest BCUT2D eigenvalue weighted by Crippen LogP contribution is 2.37. The Morgan fingerprint density at radius 3 is 2.78 bits per heavy atom. The number of nitrogens with two attached hydrogens (primary N) is 1. The van der Waals surface area contributed by atoms with Crippen LogP contribution in [0.1, 0.15) is 37.8 Å². The third-order valence-corrected chi connectivity index (χ3v) is 4.77. The summed E-state index contributed by atoms with van der Waals surface area (Å²) in [5.41, 5.74) is 8.29. The van der Waals surface area contributed by atoms with Gasteiger partial charge in [-0.15, -0.1) is 0 Å². The molecule has 2 heterocycles. The van der Waals surface area contributed by atoms with Gasteiger partial charge in [0.1, 0.15) is 0 Å². The van der Waals surface area contributed by atoms with Gasteiger partial charge in [0.25, 0.3) is 0 Å². The zero-order valence-corrected chi connectivity index (χ0v) is 13.8. The second-order valence-corrected chi connectivity index (χ2v) is 6.49. The number of guanidine groups is 1. The minimum atomic E-state index is -0.652. The van der Waals surface area contributed by atoms with Crippen molar-refractivity contribution in [3.8, 4) is 0 Å². The lowest BCUT2D eigenvalue weighted by molar-refractivity contribution is -0.128. The van der Waals surface area contributed by atoms with Crippen molar-refractivity contribution in [1.29, 1.82) is 0 Å². The zero-order valence-electron chi connectivity index (χ0n) is 13.8. The van der Waals surface area contributed by atoms with E-state index in [1.165, 1.54) is 4.90 Å². The number of amides is 2. The highest BCUT2D eigenvalue weighted by Gasteiger charge is 2.36. The molecule has 23 heavy (non-hydrogen) atoms. The number of carbonyl (C=O) groups is 2. The Labute approximate surface area is 136 Å². The maximum Gasteiger partial charge on any atom is 0.231 e. The molecule has 0 unspecified atom stereocenters. The molecule has 0 fully saturated rings. The minimum absolute atomic E-state index is 0.0388. The van der Waals surface area contributed by atoms with Gasteiger partial charge in [0.05, 0.1) is 12.0 Å². The first-order chi connectivity index (χ1) is 10.8. The molecule has 0 radical (unpaired) electrons. The van der Waals surface area contributed by atoms with Crippen molar-refractivity contribution in [1.82, 2.24) is 4.90 Å². The zero-order chi connectivity index (χ0) is 16.8. The molecule has 6 heteroatoms. The number of anilines is 1. The van der Waals surface area contributed by atoms with Gasteiger partial charge >= 0.3 is 0 Å². The molecule has 2 aliphatic heterocycles. The minimum Gasteiger partial charge on any atom is -0.369 e. The fourth-order valence-corrected chi connectivity index (χ4v) is 3.33. The van der Waals surface area contributed by atoms with Crippen LogP contribution in [0.25, 0.3) is 0 Å². The predicted octanol–water partition coefficient (Wildman–Crippen LogP) is 1.38. The number of aryl methyl sites for hydroxylation is 1. The van der Waals surface area contributed by atoms with Crippen LogP contribution in [0.5, 0.6) is 0 Å². The Morgan fingerprint density at radius 2 is 2.13 bits per heavy atom. The number of benzene rings is 1. The van der Waals surface area contributed by atoms with E-state index < -0.39 is 5.54 Å². The molecule has 0 bridgehead atoms. The molecule has 2 amide bonds. The Kier molecular flexibility index (Phi) is 3.62. The summed E-state index contributed by atoms with van der Waals surface area (Å²) >= 11 is 0. The lowest BCUT2D eigenvalue weighted by Crippen LogP contribution is -2.47.